The molecule has 0 spiro atoms. The summed E-state index contributed by atoms with van der Waals surface area (Å²) in [4.78, 5) is 36.3. The minimum Gasteiger partial charge on any atom is -0.461 e. The molecule has 2 aliphatic rings. The molecular weight excluding hydrogens is 234 g/mol. The molecule has 0 radical (unpaired) electrons. The first kappa shape index (κ1) is 12.8. The third-order valence-electron chi connectivity index (χ3n) is 3.41. The van der Waals surface area contributed by atoms with E-state index >= 15 is 0 Å². The van der Waals surface area contributed by atoms with E-state index in [4.69, 9.17) is 4.74 Å². The van der Waals surface area contributed by atoms with Crippen molar-refractivity contribution in [1.82, 2.24) is 4.90 Å². The van der Waals surface area contributed by atoms with Gasteiger partial charge in [0.15, 0.2) is 0 Å². The number of amides is 2. The van der Waals surface area contributed by atoms with Crippen LogP contribution in [0.1, 0.15) is 26.7 Å². The summed E-state index contributed by atoms with van der Waals surface area (Å²) in [5, 5.41) is 0. The number of hydrogen-bond donors (Lipinski definition) is 0. The van der Waals surface area contributed by atoms with Gasteiger partial charge < -0.3 is 4.74 Å². The van der Waals surface area contributed by atoms with Gasteiger partial charge in [-0.25, -0.2) is 0 Å². The molecule has 1 heterocycles. The lowest BCUT2D eigenvalue weighted by Gasteiger charge is -2.19. The molecule has 1 aliphatic heterocycles. The Labute approximate surface area is 106 Å². The molecule has 2 amide bonds. The van der Waals surface area contributed by atoms with E-state index in [0.29, 0.717) is 12.8 Å². The zero-order valence-corrected chi connectivity index (χ0v) is 10.6. The lowest BCUT2D eigenvalue weighted by Crippen LogP contribution is -2.38. The van der Waals surface area contributed by atoms with Crippen LogP contribution in [0.25, 0.3) is 0 Å². The van der Waals surface area contributed by atoms with E-state index in [-0.39, 0.29) is 30.2 Å². The van der Waals surface area contributed by atoms with Crippen molar-refractivity contribution in [1.29, 1.82) is 0 Å². The number of ether oxygens (including phenoxy) is 1. The van der Waals surface area contributed by atoms with E-state index in [0.717, 1.165) is 0 Å². The zero-order chi connectivity index (χ0) is 13.3. The van der Waals surface area contributed by atoms with Crippen LogP contribution in [0.15, 0.2) is 12.2 Å². The van der Waals surface area contributed by atoms with Gasteiger partial charge in [0, 0.05) is 6.92 Å². The molecule has 1 fully saturated rings. The number of imide groups is 1. The predicted molar refractivity (Wildman–Crippen MR) is 63.3 cm³/mol. The highest BCUT2D eigenvalue weighted by Crippen LogP contribution is 2.35. The van der Waals surface area contributed by atoms with E-state index in [1.807, 2.05) is 12.2 Å². The smallest absolute Gasteiger partial charge is 0.302 e. The minimum atomic E-state index is -0.455. The van der Waals surface area contributed by atoms with Gasteiger partial charge in [-0.2, -0.15) is 0 Å². The van der Waals surface area contributed by atoms with Crippen LogP contribution >= 0.6 is 0 Å². The molecule has 0 aromatic rings. The van der Waals surface area contributed by atoms with Crippen LogP contribution in [-0.4, -0.2) is 35.3 Å². The van der Waals surface area contributed by atoms with E-state index in [1.54, 1.807) is 6.92 Å². The van der Waals surface area contributed by atoms with Crippen molar-refractivity contribution in [3.63, 3.8) is 0 Å². The SMILES string of the molecule is CC(=O)O[C@H](C)CN1C(=O)[C@H]2CC=CC[C@@H]2C1=O. The van der Waals surface area contributed by atoms with Crippen molar-refractivity contribution in [3.8, 4) is 0 Å². The van der Waals surface area contributed by atoms with Gasteiger partial charge in [-0.1, -0.05) is 12.2 Å². The number of esters is 1. The molecule has 1 aliphatic carbocycles. The molecule has 5 heteroatoms. The van der Waals surface area contributed by atoms with Gasteiger partial charge in [-0.15, -0.1) is 0 Å². The average molecular weight is 251 g/mol. The predicted octanol–water partition coefficient (Wildman–Crippen LogP) is 0.889. The highest BCUT2D eigenvalue weighted by atomic mass is 16.5. The second kappa shape index (κ2) is 4.92. The summed E-state index contributed by atoms with van der Waals surface area (Å²) in [5.74, 6) is -1.10. The number of nitrogens with zero attached hydrogens (tertiary/aromatic N) is 1. The number of fused-ring (bicyclic) bond motifs is 1. The van der Waals surface area contributed by atoms with Crippen molar-refractivity contribution < 1.29 is 19.1 Å². The summed E-state index contributed by atoms with van der Waals surface area (Å²) in [7, 11) is 0. The minimum absolute atomic E-state index is 0.131. The average Bonchev–Trinajstić information content (AvgIpc) is 2.54. The van der Waals surface area contributed by atoms with Crippen LogP contribution in [0.5, 0.6) is 0 Å². The monoisotopic (exact) mass is 251 g/mol. The standard InChI is InChI=1S/C13H17NO4/c1-8(18-9(2)15)7-14-12(16)10-5-3-4-6-11(10)13(14)17/h3-4,8,10-11H,5-7H2,1-2H3/t8-,10+,11+/m1/s1. The quantitative estimate of drug-likeness (QED) is 0.424. The van der Waals surface area contributed by atoms with Gasteiger partial charge in [0.2, 0.25) is 11.8 Å². The Morgan fingerprint density at radius 1 is 1.33 bits per heavy atom. The van der Waals surface area contributed by atoms with Crippen molar-refractivity contribution in [2.45, 2.75) is 32.8 Å². The molecule has 0 saturated carbocycles. The van der Waals surface area contributed by atoms with Gasteiger partial charge in [-0.3, -0.25) is 19.3 Å². The van der Waals surface area contributed by atoms with Gasteiger partial charge in [0.1, 0.15) is 6.10 Å². The summed E-state index contributed by atoms with van der Waals surface area (Å²) in [6.45, 7) is 3.15. The Morgan fingerprint density at radius 2 is 1.83 bits per heavy atom. The van der Waals surface area contributed by atoms with Crippen molar-refractivity contribution >= 4 is 17.8 Å². The Morgan fingerprint density at radius 3 is 2.28 bits per heavy atom. The summed E-state index contributed by atoms with van der Waals surface area (Å²) < 4.78 is 4.96. The van der Waals surface area contributed by atoms with E-state index in [1.165, 1.54) is 11.8 Å². The zero-order valence-electron chi connectivity index (χ0n) is 10.6. The van der Waals surface area contributed by atoms with Crippen LogP contribution in [0.4, 0.5) is 0 Å². The Kier molecular flexibility index (Phi) is 3.50. The van der Waals surface area contributed by atoms with Crippen LogP contribution in [-0.2, 0) is 19.1 Å². The Hall–Kier alpha value is -1.65. The molecule has 0 aromatic carbocycles. The number of carbonyl (C=O) groups excluding carboxylic acids is 3. The van der Waals surface area contributed by atoms with Crippen molar-refractivity contribution in [2.24, 2.45) is 11.8 Å². The normalized spacial score (nSPS) is 28.2. The fraction of sp³-hybridized carbons (Fsp3) is 0.615. The maximum atomic E-state index is 12.1. The number of likely N-dealkylation sites (tertiary alicyclic amines) is 1. The van der Waals surface area contributed by atoms with Crippen LogP contribution < -0.4 is 0 Å². The molecular formula is C13H17NO4. The highest BCUT2D eigenvalue weighted by Gasteiger charge is 2.47. The molecule has 0 aromatic heterocycles. The lowest BCUT2D eigenvalue weighted by atomic mass is 9.85. The Bertz CT molecular complexity index is 389. The number of carbonyl (C=O) groups is 3. The van der Waals surface area contributed by atoms with E-state index in [2.05, 4.69) is 0 Å². The van der Waals surface area contributed by atoms with Crippen molar-refractivity contribution in [3.05, 3.63) is 12.2 Å². The van der Waals surface area contributed by atoms with Crippen LogP contribution in [0.2, 0.25) is 0 Å². The van der Waals surface area contributed by atoms with Gasteiger partial charge in [0.25, 0.3) is 0 Å². The fourth-order valence-electron chi connectivity index (χ4n) is 2.63. The summed E-state index contributed by atoms with van der Waals surface area (Å²) in [6, 6.07) is 0. The largest absolute Gasteiger partial charge is 0.461 e. The van der Waals surface area contributed by atoms with Crippen LogP contribution in [0, 0.1) is 11.8 Å². The van der Waals surface area contributed by atoms with Gasteiger partial charge >= 0.3 is 5.97 Å². The van der Waals surface area contributed by atoms with Crippen LogP contribution in [0.3, 0.4) is 0 Å². The van der Waals surface area contributed by atoms with E-state index in [9.17, 15) is 14.4 Å². The third kappa shape index (κ3) is 2.30. The summed E-state index contributed by atoms with van der Waals surface area (Å²) in [6.07, 6.45) is 4.71. The third-order valence-corrected chi connectivity index (χ3v) is 3.41. The number of allylic oxidation sites excluding steroid dienone is 2. The van der Waals surface area contributed by atoms with Crippen molar-refractivity contribution in [2.75, 3.05) is 6.54 Å². The summed E-state index contributed by atoms with van der Waals surface area (Å²) >= 11 is 0. The number of rotatable bonds is 3. The Balaban J connectivity index is 2.04. The molecule has 98 valence electrons. The topological polar surface area (TPSA) is 63.7 Å². The highest BCUT2D eigenvalue weighted by molar-refractivity contribution is 6.05. The first-order chi connectivity index (χ1) is 8.50. The van der Waals surface area contributed by atoms with E-state index < -0.39 is 12.1 Å². The summed E-state index contributed by atoms with van der Waals surface area (Å²) in [5.41, 5.74) is 0. The molecule has 3 atom stereocenters. The molecule has 18 heavy (non-hydrogen) atoms. The first-order valence-electron chi connectivity index (χ1n) is 6.18. The molecule has 0 unspecified atom stereocenters. The fourth-order valence-corrected chi connectivity index (χ4v) is 2.63. The maximum absolute atomic E-state index is 12.1. The second-order valence-corrected chi connectivity index (χ2v) is 4.86. The molecule has 2 rings (SSSR count). The van der Waals surface area contributed by atoms with Gasteiger partial charge in [0.05, 0.1) is 18.4 Å². The maximum Gasteiger partial charge on any atom is 0.302 e. The second-order valence-electron chi connectivity index (χ2n) is 4.86. The lowest BCUT2D eigenvalue weighted by molar-refractivity contribution is -0.151. The number of hydrogen-bond acceptors (Lipinski definition) is 4. The molecule has 0 bridgehead atoms. The first-order valence-corrected chi connectivity index (χ1v) is 6.18. The van der Waals surface area contributed by atoms with Gasteiger partial charge in [-0.05, 0) is 19.8 Å². The molecule has 0 N–H and O–H groups in total. The molecule has 5 nitrogen and oxygen atoms in total. The molecule has 1 saturated heterocycles.